The fourth-order valence-corrected chi connectivity index (χ4v) is 5.03. The highest BCUT2D eigenvalue weighted by molar-refractivity contribution is 6.01. The lowest BCUT2D eigenvalue weighted by Crippen LogP contribution is -2.55. The molecule has 1 amide bonds. The van der Waals surface area contributed by atoms with Gasteiger partial charge in [-0.25, -0.2) is 10.0 Å². The van der Waals surface area contributed by atoms with E-state index in [2.05, 4.69) is 15.3 Å². The number of hydrogen-bond acceptors (Lipinski definition) is 6. The molecule has 31 heavy (non-hydrogen) atoms. The monoisotopic (exact) mass is 428 g/mol. The Bertz CT molecular complexity index is 852. The number of hydrazine groups is 1. The normalized spacial score (nSPS) is 25.5. The number of likely N-dealkylation sites (N-methyl/N-ethyl adjacent to an activating group) is 1. The Labute approximate surface area is 183 Å². The predicted octanol–water partition coefficient (Wildman–Crippen LogP) is 2.35. The first-order valence-corrected chi connectivity index (χ1v) is 11.4. The molecule has 3 aliphatic heterocycles. The number of anilines is 1. The van der Waals surface area contributed by atoms with E-state index in [0.717, 1.165) is 50.1 Å². The van der Waals surface area contributed by atoms with Gasteiger partial charge < -0.3 is 15.3 Å². The Morgan fingerprint density at radius 2 is 1.84 bits per heavy atom. The van der Waals surface area contributed by atoms with E-state index in [1.165, 1.54) is 24.2 Å². The predicted molar refractivity (Wildman–Crippen MR) is 117 cm³/mol. The maximum atomic E-state index is 13.5. The number of nitrogens with one attached hydrogen (secondary N) is 1. The number of benzene rings is 1. The summed E-state index contributed by atoms with van der Waals surface area (Å²) in [6.45, 7) is 3.32. The van der Waals surface area contributed by atoms with Crippen molar-refractivity contribution in [2.24, 2.45) is 0 Å². The minimum absolute atomic E-state index is 0.133. The average Bonchev–Trinajstić information content (AvgIpc) is 2.89. The van der Waals surface area contributed by atoms with Crippen LogP contribution >= 0.6 is 0 Å². The number of carboxylic acids is 1. The standard InChI is InChI=1S/C23H32N4O4/c1-25-15-17-13-16(8-9-18(17)24-19(23(25)31)14-21(28)29)22(30)20-7-3-6-12-27(20)26-10-4-2-5-11-26/h8-9,13,19-20,24H,2-7,10-12,14-15H2,1H3,(H,28,29)/t19?,20-/m0/s1. The van der Waals surface area contributed by atoms with Crippen LogP contribution in [0.5, 0.6) is 0 Å². The van der Waals surface area contributed by atoms with Crippen molar-refractivity contribution in [2.75, 3.05) is 32.0 Å². The molecule has 0 bridgehead atoms. The van der Waals surface area contributed by atoms with Crippen LogP contribution in [-0.2, 0) is 16.1 Å². The van der Waals surface area contributed by atoms with Crippen molar-refractivity contribution in [2.45, 2.75) is 63.6 Å². The van der Waals surface area contributed by atoms with E-state index in [0.29, 0.717) is 12.1 Å². The number of carboxylic acid groups (broad SMARTS) is 1. The smallest absolute Gasteiger partial charge is 0.305 e. The van der Waals surface area contributed by atoms with Crippen molar-refractivity contribution in [1.29, 1.82) is 0 Å². The molecular formula is C23H32N4O4. The molecule has 4 rings (SSSR count). The highest BCUT2D eigenvalue weighted by Crippen LogP contribution is 2.28. The van der Waals surface area contributed by atoms with Crippen molar-refractivity contribution in [3.63, 3.8) is 0 Å². The Morgan fingerprint density at radius 3 is 2.58 bits per heavy atom. The molecule has 1 unspecified atom stereocenters. The molecule has 2 fully saturated rings. The summed E-state index contributed by atoms with van der Waals surface area (Å²) in [4.78, 5) is 38.8. The summed E-state index contributed by atoms with van der Waals surface area (Å²) in [6.07, 6.45) is 6.38. The van der Waals surface area contributed by atoms with Gasteiger partial charge >= 0.3 is 5.97 Å². The van der Waals surface area contributed by atoms with Gasteiger partial charge in [0.1, 0.15) is 6.04 Å². The van der Waals surface area contributed by atoms with Gasteiger partial charge in [0, 0.05) is 44.5 Å². The van der Waals surface area contributed by atoms with Crippen LogP contribution in [0, 0.1) is 0 Å². The van der Waals surface area contributed by atoms with E-state index < -0.39 is 12.0 Å². The zero-order valence-corrected chi connectivity index (χ0v) is 18.2. The number of fused-ring (bicyclic) bond motifs is 1. The van der Waals surface area contributed by atoms with Crippen LogP contribution in [0.15, 0.2) is 18.2 Å². The highest BCUT2D eigenvalue weighted by atomic mass is 16.4. The lowest BCUT2D eigenvalue weighted by atomic mass is 9.94. The second kappa shape index (κ2) is 9.36. The molecule has 1 aromatic rings. The number of aliphatic carboxylic acids is 1. The highest BCUT2D eigenvalue weighted by Gasteiger charge is 2.34. The largest absolute Gasteiger partial charge is 0.481 e. The van der Waals surface area contributed by atoms with Crippen molar-refractivity contribution >= 4 is 23.3 Å². The van der Waals surface area contributed by atoms with Crippen LogP contribution in [0.4, 0.5) is 5.69 Å². The summed E-state index contributed by atoms with van der Waals surface area (Å²) < 4.78 is 0. The van der Waals surface area contributed by atoms with E-state index in [-0.39, 0.29) is 24.2 Å². The Hall–Kier alpha value is -2.45. The van der Waals surface area contributed by atoms with Crippen LogP contribution in [0.25, 0.3) is 0 Å². The number of ketones is 1. The van der Waals surface area contributed by atoms with Gasteiger partial charge in [-0.2, -0.15) is 0 Å². The summed E-state index contributed by atoms with van der Waals surface area (Å²) in [5, 5.41) is 16.9. The summed E-state index contributed by atoms with van der Waals surface area (Å²) in [5.74, 6) is -1.15. The van der Waals surface area contributed by atoms with E-state index in [9.17, 15) is 14.4 Å². The molecule has 3 heterocycles. The van der Waals surface area contributed by atoms with Gasteiger partial charge in [0.2, 0.25) is 5.91 Å². The molecule has 168 valence electrons. The fraction of sp³-hybridized carbons (Fsp3) is 0.609. The summed E-state index contributed by atoms with van der Waals surface area (Å²) in [5.41, 5.74) is 2.22. The van der Waals surface area contributed by atoms with Crippen LogP contribution in [-0.4, -0.2) is 76.4 Å². The van der Waals surface area contributed by atoms with Crippen LogP contribution < -0.4 is 5.32 Å². The summed E-state index contributed by atoms with van der Waals surface area (Å²) in [6, 6.07) is 4.56. The van der Waals surface area contributed by atoms with Crippen molar-refractivity contribution in [1.82, 2.24) is 14.9 Å². The number of carbonyl (C=O) groups excluding carboxylic acids is 2. The number of piperidine rings is 2. The van der Waals surface area contributed by atoms with Crippen molar-refractivity contribution < 1.29 is 19.5 Å². The summed E-state index contributed by atoms with van der Waals surface area (Å²) >= 11 is 0. The molecule has 0 aliphatic carbocycles. The van der Waals surface area contributed by atoms with Gasteiger partial charge in [0.05, 0.1) is 12.5 Å². The molecule has 2 N–H and O–H groups in total. The molecule has 1 aromatic carbocycles. The molecule has 0 spiro atoms. The van der Waals surface area contributed by atoms with Gasteiger partial charge in [-0.1, -0.05) is 12.8 Å². The summed E-state index contributed by atoms with van der Waals surface area (Å²) in [7, 11) is 1.67. The van der Waals surface area contributed by atoms with Gasteiger partial charge in [-0.05, 0) is 49.4 Å². The molecule has 0 saturated carbocycles. The molecule has 0 radical (unpaired) electrons. The Kier molecular flexibility index (Phi) is 6.57. The molecular weight excluding hydrogens is 396 g/mol. The minimum atomic E-state index is -1.02. The zero-order valence-electron chi connectivity index (χ0n) is 18.2. The number of carbonyl (C=O) groups is 3. The minimum Gasteiger partial charge on any atom is -0.481 e. The lowest BCUT2D eigenvalue weighted by molar-refractivity contribution is -0.141. The first kappa shape index (κ1) is 21.8. The second-order valence-corrected chi connectivity index (χ2v) is 8.91. The molecule has 3 aliphatic rings. The maximum Gasteiger partial charge on any atom is 0.305 e. The topological polar surface area (TPSA) is 93.2 Å². The zero-order chi connectivity index (χ0) is 22.0. The third-order valence-electron chi connectivity index (χ3n) is 6.65. The average molecular weight is 429 g/mol. The molecule has 0 aromatic heterocycles. The van der Waals surface area contributed by atoms with Crippen LogP contribution in [0.2, 0.25) is 0 Å². The molecule has 2 saturated heterocycles. The molecule has 8 nitrogen and oxygen atoms in total. The van der Waals surface area contributed by atoms with E-state index in [1.54, 1.807) is 7.05 Å². The lowest BCUT2D eigenvalue weighted by Gasteiger charge is -2.44. The number of amides is 1. The van der Waals surface area contributed by atoms with Crippen molar-refractivity contribution in [3.05, 3.63) is 29.3 Å². The van der Waals surface area contributed by atoms with Gasteiger partial charge in [-0.15, -0.1) is 0 Å². The Morgan fingerprint density at radius 1 is 1.10 bits per heavy atom. The quantitative estimate of drug-likeness (QED) is 0.696. The third kappa shape index (κ3) is 4.75. The SMILES string of the molecule is CN1Cc2cc(C(=O)[C@@H]3CCCCN3N3CCCCC3)ccc2NC(CC(=O)O)C1=O. The van der Waals surface area contributed by atoms with Gasteiger partial charge in [0.15, 0.2) is 5.78 Å². The fourth-order valence-electron chi connectivity index (χ4n) is 5.03. The van der Waals surface area contributed by atoms with E-state index >= 15 is 0 Å². The maximum absolute atomic E-state index is 13.5. The van der Waals surface area contributed by atoms with Crippen molar-refractivity contribution in [3.8, 4) is 0 Å². The second-order valence-electron chi connectivity index (χ2n) is 8.91. The third-order valence-corrected chi connectivity index (χ3v) is 6.65. The number of nitrogens with zero attached hydrogens (tertiary/aromatic N) is 3. The Balaban J connectivity index is 1.56. The van der Waals surface area contributed by atoms with E-state index in [1.807, 2.05) is 18.2 Å². The van der Waals surface area contributed by atoms with Gasteiger partial charge in [0.25, 0.3) is 0 Å². The van der Waals surface area contributed by atoms with Crippen LogP contribution in [0.3, 0.4) is 0 Å². The van der Waals surface area contributed by atoms with Gasteiger partial charge in [-0.3, -0.25) is 14.4 Å². The number of hydrogen-bond donors (Lipinski definition) is 2. The molecule has 8 heteroatoms. The number of Topliss-reactive ketones (excluding diaryl/α,β-unsaturated/α-hetero) is 1. The molecule has 2 atom stereocenters. The first-order chi connectivity index (χ1) is 14.9. The van der Waals surface area contributed by atoms with Crippen LogP contribution in [0.1, 0.15) is 60.9 Å². The first-order valence-electron chi connectivity index (χ1n) is 11.4. The number of rotatable bonds is 5. The van der Waals surface area contributed by atoms with E-state index in [4.69, 9.17) is 5.11 Å².